The van der Waals surface area contributed by atoms with Crippen LogP contribution in [0.3, 0.4) is 0 Å². The maximum absolute atomic E-state index is 10.1. The van der Waals surface area contributed by atoms with Crippen molar-refractivity contribution in [3.8, 4) is 0 Å². The van der Waals surface area contributed by atoms with Crippen molar-refractivity contribution in [2.75, 3.05) is 11.9 Å². The fourth-order valence-electron chi connectivity index (χ4n) is 2.12. The molecule has 0 fully saturated rings. The third-order valence-electron chi connectivity index (χ3n) is 3.14. The average Bonchev–Trinajstić information content (AvgIpc) is 2.83. The molecule has 2 nitrogen and oxygen atoms in total. The minimum atomic E-state index is -0.395. The van der Waals surface area contributed by atoms with Crippen molar-refractivity contribution in [1.29, 1.82) is 0 Å². The molecule has 1 aromatic heterocycles. The van der Waals surface area contributed by atoms with E-state index < -0.39 is 6.10 Å². The SMILES string of the molecule is CCC(O)c1ccccc1N(C)Cc1csc(Br)c1. The average molecular weight is 340 g/mol. The largest absolute Gasteiger partial charge is 0.388 e. The summed E-state index contributed by atoms with van der Waals surface area (Å²) in [5.74, 6) is 0. The number of aliphatic hydroxyl groups excluding tert-OH is 1. The number of nitrogens with zero attached hydrogens (tertiary/aromatic N) is 1. The van der Waals surface area contributed by atoms with Gasteiger partial charge in [0.15, 0.2) is 0 Å². The van der Waals surface area contributed by atoms with Crippen LogP contribution in [0, 0.1) is 0 Å². The summed E-state index contributed by atoms with van der Waals surface area (Å²) in [6.07, 6.45) is 0.336. The van der Waals surface area contributed by atoms with Gasteiger partial charge in [0.1, 0.15) is 0 Å². The van der Waals surface area contributed by atoms with Gasteiger partial charge in [0.05, 0.1) is 9.89 Å². The highest BCUT2D eigenvalue weighted by Crippen LogP contribution is 2.29. The molecule has 4 heteroatoms. The van der Waals surface area contributed by atoms with Gasteiger partial charge in [-0.2, -0.15) is 0 Å². The van der Waals surface area contributed by atoms with Crippen molar-refractivity contribution in [1.82, 2.24) is 0 Å². The van der Waals surface area contributed by atoms with E-state index in [4.69, 9.17) is 0 Å². The van der Waals surface area contributed by atoms with Crippen LogP contribution in [0.15, 0.2) is 39.5 Å². The first-order valence-corrected chi connectivity index (χ1v) is 8.00. The molecule has 1 atom stereocenters. The molecule has 2 aromatic rings. The van der Waals surface area contributed by atoms with Gasteiger partial charge in [0.2, 0.25) is 0 Å². The van der Waals surface area contributed by atoms with E-state index in [-0.39, 0.29) is 0 Å². The number of thiophene rings is 1. The van der Waals surface area contributed by atoms with Gasteiger partial charge in [-0.25, -0.2) is 0 Å². The molecule has 0 spiro atoms. The minimum Gasteiger partial charge on any atom is -0.388 e. The highest BCUT2D eigenvalue weighted by atomic mass is 79.9. The molecule has 1 unspecified atom stereocenters. The number of hydrogen-bond donors (Lipinski definition) is 1. The van der Waals surface area contributed by atoms with Gasteiger partial charge in [-0.05, 0) is 45.4 Å². The van der Waals surface area contributed by atoms with Crippen LogP contribution in [0.1, 0.15) is 30.6 Å². The van der Waals surface area contributed by atoms with Crippen molar-refractivity contribution in [2.45, 2.75) is 26.0 Å². The lowest BCUT2D eigenvalue weighted by atomic mass is 10.0. The lowest BCUT2D eigenvalue weighted by Crippen LogP contribution is -2.18. The summed E-state index contributed by atoms with van der Waals surface area (Å²) >= 11 is 5.18. The van der Waals surface area contributed by atoms with Crippen molar-refractivity contribution < 1.29 is 5.11 Å². The topological polar surface area (TPSA) is 23.5 Å². The highest BCUT2D eigenvalue weighted by Gasteiger charge is 2.13. The van der Waals surface area contributed by atoms with E-state index in [1.54, 1.807) is 11.3 Å². The summed E-state index contributed by atoms with van der Waals surface area (Å²) in [7, 11) is 2.06. The molecule has 0 saturated heterocycles. The molecule has 2 rings (SSSR count). The molecule has 0 radical (unpaired) electrons. The van der Waals surface area contributed by atoms with Crippen LogP contribution in [0.2, 0.25) is 0 Å². The molecule has 19 heavy (non-hydrogen) atoms. The van der Waals surface area contributed by atoms with Gasteiger partial charge in [-0.1, -0.05) is 25.1 Å². The van der Waals surface area contributed by atoms with Crippen molar-refractivity contribution in [3.63, 3.8) is 0 Å². The molecule has 0 amide bonds. The van der Waals surface area contributed by atoms with E-state index in [1.807, 2.05) is 25.1 Å². The molecule has 1 heterocycles. The standard InChI is InChI=1S/C15H18BrNOS/c1-3-14(18)12-6-4-5-7-13(12)17(2)9-11-8-15(16)19-10-11/h4-8,10,14,18H,3,9H2,1-2H3. The van der Waals surface area contributed by atoms with Crippen molar-refractivity contribution in [3.05, 3.63) is 50.6 Å². The van der Waals surface area contributed by atoms with Crippen LogP contribution in [-0.4, -0.2) is 12.2 Å². The third kappa shape index (κ3) is 3.59. The molecule has 0 aliphatic heterocycles. The van der Waals surface area contributed by atoms with Gasteiger partial charge in [0.25, 0.3) is 0 Å². The number of benzene rings is 1. The van der Waals surface area contributed by atoms with E-state index >= 15 is 0 Å². The fraction of sp³-hybridized carbons (Fsp3) is 0.333. The second-order valence-electron chi connectivity index (χ2n) is 4.60. The number of halogens is 1. The first-order chi connectivity index (χ1) is 9.11. The summed E-state index contributed by atoms with van der Waals surface area (Å²) in [5, 5.41) is 12.2. The Balaban J connectivity index is 2.21. The summed E-state index contributed by atoms with van der Waals surface area (Å²) in [5.41, 5.74) is 3.38. The Morgan fingerprint density at radius 1 is 1.37 bits per heavy atom. The van der Waals surface area contributed by atoms with Crippen LogP contribution >= 0.6 is 27.3 Å². The normalized spacial score (nSPS) is 12.4. The Morgan fingerprint density at radius 3 is 2.74 bits per heavy atom. The lowest BCUT2D eigenvalue weighted by Gasteiger charge is -2.24. The second-order valence-corrected chi connectivity index (χ2v) is 6.89. The van der Waals surface area contributed by atoms with Crippen LogP contribution in [0.5, 0.6) is 0 Å². The Morgan fingerprint density at radius 2 is 2.11 bits per heavy atom. The summed E-state index contributed by atoms with van der Waals surface area (Å²) in [6.45, 7) is 2.84. The third-order valence-corrected chi connectivity index (χ3v) is 4.69. The molecular weight excluding hydrogens is 322 g/mol. The molecule has 0 bridgehead atoms. The van der Waals surface area contributed by atoms with Crippen molar-refractivity contribution >= 4 is 33.0 Å². The van der Waals surface area contributed by atoms with Crippen LogP contribution < -0.4 is 4.90 Å². The molecule has 1 N–H and O–H groups in total. The highest BCUT2D eigenvalue weighted by molar-refractivity contribution is 9.11. The number of hydrogen-bond acceptors (Lipinski definition) is 3. The molecule has 1 aromatic carbocycles. The zero-order chi connectivity index (χ0) is 13.8. The Kier molecular flexibility index (Phi) is 5.02. The van der Waals surface area contributed by atoms with Gasteiger partial charge in [-0.15, -0.1) is 11.3 Å². The van der Waals surface area contributed by atoms with E-state index in [0.717, 1.165) is 28.0 Å². The predicted octanol–water partition coefficient (Wildman–Crippen LogP) is 4.59. The Hall–Kier alpha value is -0.840. The van der Waals surface area contributed by atoms with Crippen molar-refractivity contribution in [2.24, 2.45) is 0 Å². The lowest BCUT2D eigenvalue weighted by molar-refractivity contribution is 0.174. The van der Waals surface area contributed by atoms with Crippen LogP contribution in [0.4, 0.5) is 5.69 Å². The van der Waals surface area contributed by atoms with Gasteiger partial charge in [0, 0.05) is 24.8 Å². The number of rotatable bonds is 5. The number of aliphatic hydroxyl groups is 1. The summed E-state index contributed by atoms with van der Waals surface area (Å²) in [6, 6.07) is 10.2. The zero-order valence-corrected chi connectivity index (χ0v) is 13.5. The molecule has 102 valence electrons. The number of para-hydroxylation sites is 1. The van der Waals surface area contributed by atoms with E-state index in [9.17, 15) is 5.11 Å². The molecule has 0 aliphatic carbocycles. The van der Waals surface area contributed by atoms with Crippen LogP contribution in [-0.2, 0) is 6.54 Å². The Bertz CT molecular complexity index is 540. The maximum atomic E-state index is 10.1. The quantitative estimate of drug-likeness (QED) is 0.860. The number of anilines is 1. The van der Waals surface area contributed by atoms with Gasteiger partial charge < -0.3 is 10.0 Å². The first kappa shape index (κ1) is 14.6. The monoisotopic (exact) mass is 339 g/mol. The van der Waals surface area contributed by atoms with Gasteiger partial charge >= 0.3 is 0 Å². The Labute approximate surface area is 126 Å². The van der Waals surface area contributed by atoms with Gasteiger partial charge in [-0.3, -0.25) is 0 Å². The van der Waals surface area contributed by atoms with Crippen LogP contribution in [0.25, 0.3) is 0 Å². The smallest absolute Gasteiger partial charge is 0.0807 e. The molecule has 0 saturated carbocycles. The zero-order valence-electron chi connectivity index (χ0n) is 11.1. The summed E-state index contributed by atoms with van der Waals surface area (Å²) in [4.78, 5) is 2.18. The van der Waals surface area contributed by atoms with E-state index in [1.165, 1.54) is 5.56 Å². The molecular formula is C15H18BrNOS. The minimum absolute atomic E-state index is 0.395. The van der Waals surface area contributed by atoms with E-state index in [0.29, 0.717) is 0 Å². The molecule has 0 aliphatic rings. The summed E-state index contributed by atoms with van der Waals surface area (Å²) < 4.78 is 1.15. The predicted molar refractivity (Wildman–Crippen MR) is 85.8 cm³/mol. The first-order valence-electron chi connectivity index (χ1n) is 6.33. The second kappa shape index (κ2) is 6.55. The maximum Gasteiger partial charge on any atom is 0.0807 e. The van der Waals surface area contributed by atoms with E-state index in [2.05, 4.69) is 45.4 Å². The fourth-order valence-corrected chi connectivity index (χ4v) is 3.32.